The lowest BCUT2D eigenvalue weighted by Gasteiger charge is -2.16. The maximum absolute atomic E-state index is 12.5. The first kappa shape index (κ1) is 18.8. The van der Waals surface area contributed by atoms with Gasteiger partial charge in [-0.2, -0.15) is 8.42 Å². The Labute approximate surface area is 148 Å². The molecule has 0 aromatic heterocycles. The minimum Gasteiger partial charge on any atom is -0.467 e. The largest absolute Gasteiger partial charge is 0.467 e. The quantitative estimate of drug-likeness (QED) is 0.325. The smallest absolute Gasteiger partial charge is 0.341 e. The second-order valence-electron chi connectivity index (χ2n) is 4.70. The molecule has 2 rings (SSSR count). The van der Waals surface area contributed by atoms with Gasteiger partial charge in [0.05, 0.1) is 12.0 Å². The number of benzene rings is 2. The van der Waals surface area contributed by atoms with Crippen LogP contribution in [0.4, 0.5) is 5.69 Å². The van der Waals surface area contributed by atoms with Crippen molar-refractivity contribution in [2.24, 2.45) is 0 Å². The van der Waals surface area contributed by atoms with E-state index in [-0.39, 0.29) is 10.6 Å². The fourth-order valence-corrected chi connectivity index (χ4v) is 3.43. The van der Waals surface area contributed by atoms with Crippen molar-refractivity contribution in [2.45, 2.75) is 11.0 Å². The van der Waals surface area contributed by atoms with E-state index in [2.05, 4.69) is 4.74 Å². The molecule has 2 aromatic carbocycles. The molecule has 10 heteroatoms. The number of carbonyl (C=O) groups excluding carboxylic acids is 1. The number of methoxy groups -OCH3 is 1. The zero-order valence-corrected chi connectivity index (χ0v) is 14.4. The van der Waals surface area contributed by atoms with Gasteiger partial charge in [-0.05, 0) is 12.1 Å². The van der Waals surface area contributed by atoms with Crippen molar-refractivity contribution >= 4 is 33.4 Å². The van der Waals surface area contributed by atoms with Gasteiger partial charge < -0.3 is 4.74 Å². The number of hydrogen-bond donors (Lipinski definition) is 0. The van der Waals surface area contributed by atoms with Crippen LogP contribution in [0.15, 0.2) is 53.4 Å². The number of hydrogen-bond acceptors (Lipinski definition) is 7. The third kappa shape index (κ3) is 4.13. The average molecular weight is 386 g/mol. The molecular formula is C15H12ClNO7S. The Bertz CT molecular complexity index is 914. The standard InChI is InChI=1S/C15H12ClNO7S/c1-23-15(18)14(10-6-2-3-7-11(10)16)24-25(21,22)13-9-5-4-8-12(13)17(19)20/h2-9,14H,1H3/t14-/m1/s1. The van der Waals surface area contributed by atoms with E-state index in [1.807, 2.05) is 0 Å². The summed E-state index contributed by atoms with van der Waals surface area (Å²) in [5.41, 5.74) is -0.622. The topological polar surface area (TPSA) is 113 Å². The molecule has 0 heterocycles. The maximum Gasteiger partial charge on any atom is 0.341 e. The highest BCUT2D eigenvalue weighted by atomic mass is 35.5. The number of carbonyl (C=O) groups is 1. The molecule has 0 amide bonds. The average Bonchev–Trinajstić information content (AvgIpc) is 2.59. The van der Waals surface area contributed by atoms with E-state index in [9.17, 15) is 23.3 Å². The summed E-state index contributed by atoms with van der Waals surface area (Å²) in [7, 11) is -3.61. The van der Waals surface area contributed by atoms with Gasteiger partial charge in [0.2, 0.25) is 6.10 Å². The molecule has 0 aliphatic carbocycles. The Kier molecular flexibility index (Phi) is 5.73. The van der Waals surface area contributed by atoms with Crippen LogP contribution in [-0.4, -0.2) is 26.4 Å². The molecule has 0 aliphatic heterocycles. The van der Waals surface area contributed by atoms with E-state index < -0.39 is 37.7 Å². The minimum atomic E-state index is -4.66. The molecule has 1 atom stereocenters. The maximum atomic E-state index is 12.5. The van der Waals surface area contributed by atoms with Crippen molar-refractivity contribution in [1.29, 1.82) is 0 Å². The lowest BCUT2D eigenvalue weighted by Crippen LogP contribution is -2.22. The van der Waals surface area contributed by atoms with Gasteiger partial charge in [0.1, 0.15) is 0 Å². The van der Waals surface area contributed by atoms with E-state index in [4.69, 9.17) is 15.8 Å². The molecule has 132 valence electrons. The van der Waals surface area contributed by atoms with Gasteiger partial charge in [-0.15, -0.1) is 0 Å². The minimum absolute atomic E-state index is 0.0539. The van der Waals surface area contributed by atoms with E-state index in [1.54, 1.807) is 6.07 Å². The first-order valence-electron chi connectivity index (χ1n) is 6.77. The van der Waals surface area contributed by atoms with Crippen molar-refractivity contribution in [3.8, 4) is 0 Å². The summed E-state index contributed by atoms with van der Waals surface area (Å²) in [5, 5.41) is 11.1. The number of nitro groups is 1. The van der Waals surface area contributed by atoms with Crippen LogP contribution in [0.2, 0.25) is 5.02 Å². The fraction of sp³-hybridized carbons (Fsp3) is 0.133. The summed E-state index contributed by atoms with van der Waals surface area (Å²) in [6, 6.07) is 10.6. The van der Waals surface area contributed by atoms with Crippen molar-refractivity contribution < 1.29 is 27.1 Å². The predicted octanol–water partition coefficient (Wildman–Crippen LogP) is 2.87. The number of nitro benzene ring substituents is 1. The SMILES string of the molecule is COC(=O)[C@H](OS(=O)(=O)c1ccccc1[N+](=O)[O-])c1ccccc1Cl. The zero-order valence-electron chi connectivity index (χ0n) is 12.8. The van der Waals surface area contributed by atoms with Crippen molar-refractivity contribution in [3.63, 3.8) is 0 Å². The van der Waals surface area contributed by atoms with Crippen LogP contribution >= 0.6 is 11.6 Å². The Morgan fingerprint density at radius 2 is 1.76 bits per heavy atom. The molecule has 25 heavy (non-hydrogen) atoms. The van der Waals surface area contributed by atoms with Gasteiger partial charge in [-0.25, -0.2) is 8.98 Å². The number of rotatable bonds is 6. The Morgan fingerprint density at radius 3 is 2.36 bits per heavy atom. The van der Waals surface area contributed by atoms with Gasteiger partial charge in [-0.3, -0.25) is 10.1 Å². The molecule has 0 bridgehead atoms. The third-order valence-corrected chi connectivity index (χ3v) is 4.83. The second-order valence-corrected chi connectivity index (χ2v) is 6.65. The van der Waals surface area contributed by atoms with Gasteiger partial charge in [0.15, 0.2) is 4.90 Å². The number of esters is 1. The van der Waals surface area contributed by atoms with Gasteiger partial charge in [0, 0.05) is 16.7 Å². The van der Waals surface area contributed by atoms with Crippen LogP contribution < -0.4 is 0 Å². The Morgan fingerprint density at radius 1 is 1.16 bits per heavy atom. The molecule has 0 fully saturated rings. The summed E-state index contributed by atoms with van der Waals surface area (Å²) >= 11 is 5.99. The molecule has 8 nitrogen and oxygen atoms in total. The summed E-state index contributed by atoms with van der Waals surface area (Å²) < 4.78 is 34.5. The molecule has 0 spiro atoms. The Hall–Kier alpha value is -2.49. The van der Waals surface area contributed by atoms with E-state index in [0.717, 1.165) is 19.2 Å². The van der Waals surface area contributed by atoms with Crippen LogP contribution in [0.25, 0.3) is 0 Å². The molecule has 0 N–H and O–H groups in total. The number of para-hydroxylation sites is 1. The summed E-state index contributed by atoms with van der Waals surface area (Å²) in [5.74, 6) is -1.02. The lowest BCUT2D eigenvalue weighted by molar-refractivity contribution is -0.387. The molecular weight excluding hydrogens is 374 g/mol. The number of ether oxygens (including phenoxy) is 1. The number of halogens is 1. The van der Waals surface area contributed by atoms with Crippen molar-refractivity contribution in [3.05, 3.63) is 69.2 Å². The summed E-state index contributed by atoms with van der Waals surface area (Å²) in [6.45, 7) is 0. The Balaban J connectivity index is 2.51. The van der Waals surface area contributed by atoms with Crippen molar-refractivity contribution in [1.82, 2.24) is 0 Å². The van der Waals surface area contributed by atoms with Gasteiger partial charge >= 0.3 is 16.1 Å². The zero-order chi connectivity index (χ0) is 18.6. The van der Waals surface area contributed by atoms with Crippen LogP contribution in [0.5, 0.6) is 0 Å². The van der Waals surface area contributed by atoms with E-state index in [0.29, 0.717) is 0 Å². The van der Waals surface area contributed by atoms with Crippen LogP contribution in [0.3, 0.4) is 0 Å². The van der Waals surface area contributed by atoms with Crippen LogP contribution in [-0.2, 0) is 23.8 Å². The van der Waals surface area contributed by atoms with Gasteiger partial charge in [0.25, 0.3) is 5.69 Å². The monoisotopic (exact) mass is 385 g/mol. The van der Waals surface area contributed by atoms with Crippen LogP contribution in [0.1, 0.15) is 11.7 Å². The summed E-state index contributed by atoms with van der Waals surface area (Å²) in [6.07, 6.45) is -1.71. The first-order chi connectivity index (χ1) is 11.8. The highest BCUT2D eigenvalue weighted by Gasteiger charge is 2.34. The lowest BCUT2D eigenvalue weighted by atomic mass is 10.1. The molecule has 0 saturated carbocycles. The molecule has 0 unspecified atom stereocenters. The van der Waals surface area contributed by atoms with E-state index in [1.165, 1.54) is 30.3 Å². The molecule has 2 aromatic rings. The normalized spacial score (nSPS) is 12.4. The van der Waals surface area contributed by atoms with Crippen LogP contribution in [0, 0.1) is 10.1 Å². The second kappa shape index (κ2) is 7.60. The highest BCUT2D eigenvalue weighted by Crippen LogP contribution is 2.32. The predicted molar refractivity (Wildman–Crippen MR) is 87.6 cm³/mol. The van der Waals surface area contributed by atoms with E-state index >= 15 is 0 Å². The third-order valence-electron chi connectivity index (χ3n) is 3.16. The number of nitrogens with zero attached hydrogens (tertiary/aromatic N) is 1. The summed E-state index contributed by atoms with van der Waals surface area (Å²) in [4.78, 5) is 21.5. The van der Waals surface area contributed by atoms with Gasteiger partial charge in [-0.1, -0.05) is 41.9 Å². The highest BCUT2D eigenvalue weighted by molar-refractivity contribution is 7.87. The molecule has 0 aliphatic rings. The molecule has 0 radical (unpaired) electrons. The first-order valence-corrected chi connectivity index (χ1v) is 8.55. The fourth-order valence-electron chi connectivity index (χ4n) is 2.01. The van der Waals surface area contributed by atoms with Crippen molar-refractivity contribution in [2.75, 3.05) is 7.11 Å². The molecule has 0 saturated heterocycles.